The second kappa shape index (κ2) is 19.7. The van der Waals surface area contributed by atoms with Gasteiger partial charge in [0, 0.05) is 47.9 Å². The number of ether oxygens (including phenoxy) is 5. The van der Waals surface area contributed by atoms with E-state index in [2.05, 4.69) is 5.10 Å². The maximum absolute atomic E-state index is 13.7. The lowest BCUT2D eigenvalue weighted by atomic mass is 10.0. The summed E-state index contributed by atoms with van der Waals surface area (Å²) in [6.07, 6.45) is -1.18. The zero-order valence-corrected chi connectivity index (χ0v) is 33.1. The van der Waals surface area contributed by atoms with Gasteiger partial charge in [0.05, 0.1) is 12.2 Å². The fraction of sp³-hybridized carbons (Fsp3) is 0.541. The summed E-state index contributed by atoms with van der Waals surface area (Å²) in [5.74, 6) is -7.00. The smallest absolute Gasteiger partial charge is 0.329 e. The van der Waals surface area contributed by atoms with Crippen molar-refractivity contribution in [3.63, 3.8) is 0 Å². The monoisotopic (exact) mass is 786 g/mol. The fourth-order valence-corrected chi connectivity index (χ4v) is 5.43. The summed E-state index contributed by atoms with van der Waals surface area (Å²) >= 11 is 0. The van der Waals surface area contributed by atoms with E-state index in [9.17, 15) is 38.4 Å². The van der Waals surface area contributed by atoms with E-state index in [1.807, 2.05) is 32.0 Å². The Morgan fingerprint density at radius 2 is 1.20 bits per heavy atom. The molecule has 0 saturated carbocycles. The molecule has 56 heavy (non-hydrogen) atoms. The van der Waals surface area contributed by atoms with Crippen molar-refractivity contribution in [1.29, 1.82) is 0 Å². The van der Waals surface area contributed by atoms with Gasteiger partial charge in [0.15, 0.2) is 25.4 Å². The average Bonchev–Trinajstić information content (AvgIpc) is 3.63. The van der Waals surface area contributed by atoms with E-state index in [0.29, 0.717) is 12.1 Å². The van der Waals surface area contributed by atoms with Crippen molar-refractivity contribution in [3.05, 3.63) is 53.3 Å². The van der Waals surface area contributed by atoms with Gasteiger partial charge in [-0.15, -0.1) is 0 Å². The number of aromatic nitrogens is 2. The minimum absolute atomic E-state index is 0.0710. The third kappa shape index (κ3) is 12.3. The maximum atomic E-state index is 13.7. The van der Waals surface area contributed by atoms with Gasteiger partial charge in [-0.25, -0.2) is 4.79 Å². The number of carbonyl (C=O) groups is 8. The zero-order chi connectivity index (χ0) is 41.9. The van der Waals surface area contributed by atoms with Gasteiger partial charge in [0.25, 0.3) is 23.6 Å². The van der Waals surface area contributed by atoms with E-state index in [4.69, 9.17) is 23.7 Å². The van der Waals surface area contributed by atoms with Gasteiger partial charge in [0.1, 0.15) is 31.3 Å². The third-order valence-corrected chi connectivity index (χ3v) is 9.05. The van der Waals surface area contributed by atoms with Gasteiger partial charge >= 0.3 is 23.9 Å². The van der Waals surface area contributed by atoms with Crippen molar-refractivity contribution in [2.45, 2.75) is 64.5 Å². The van der Waals surface area contributed by atoms with E-state index in [0.717, 1.165) is 30.9 Å². The molecule has 3 atom stereocenters. The van der Waals surface area contributed by atoms with Gasteiger partial charge in [-0.1, -0.05) is 24.3 Å². The lowest BCUT2D eigenvalue weighted by Crippen LogP contribution is -2.49. The molecule has 3 unspecified atom stereocenters. The van der Waals surface area contributed by atoms with E-state index in [-0.39, 0.29) is 6.42 Å². The van der Waals surface area contributed by atoms with Crippen molar-refractivity contribution >= 4 is 47.5 Å². The lowest BCUT2D eigenvalue weighted by molar-refractivity contribution is -0.167. The number of nitrogens with zero attached hydrogens (tertiary/aromatic N) is 6. The summed E-state index contributed by atoms with van der Waals surface area (Å²) in [4.78, 5) is 107. The van der Waals surface area contributed by atoms with Crippen LogP contribution in [0.1, 0.15) is 44.5 Å². The standard InChI is InChI=1S/C37H50N6O13/c1-23-34(49)40(6)19-32(47)54-22-30(45)42(8)27(16-25-10-12-26(13-11-25)17-43-28(14-15-38-43)37(3,4)52-9)36(51)56-24(2)35(50)41(7)18-31(46)53-21-29(44)39(5)20-33(48)55-23/h10-15,23-24,27H,16-22H2,1-9H3. The molecule has 0 aliphatic carbocycles. The summed E-state index contributed by atoms with van der Waals surface area (Å²) in [5, 5.41) is 4.41. The van der Waals surface area contributed by atoms with Crippen LogP contribution in [0.25, 0.3) is 0 Å². The Bertz CT molecular complexity index is 1780. The molecule has 1 saturated heterocycles. The molecule has 19 nitrogen and oxygen atoms in total. The predicted octanol–water partition coefficient (Wildman–Crippen LogP) is -0.479. The molecule has 3 rings (SSSR count). The number of cyclic esters (lactones) is 4. The molecule has 1 aliphatic heterocycles. The van der Waals surface area contributed by atoms with Gasteiger partial charge in [-0.2, -0.15) is 5.10 Å². The molecule has 0 radical (unpaired) electrons. The van der Waals surface area contributed by atoms with Crippen molar-refractivity contribution in [3.8, 4) is 0 Å². The van der Waals surface area contributed by atoms with Crippen LogP contribution >= 0.6 is 0 Å². The summed E-state index contributed by atoms with van der Waals surface area (Å²) in [7, 11) is 6.66. The Morgan fingerprint density at radius 3 is 1.75 bits per heavy atom. The Hall–Kier alpha value is -5.85. The lowest BCUT2D eigenvalue weighted by Gasteiger charge is -2.29. The van der Waals surface area contributed by atoms with E-state index in [1.165, 1.54) is 42.0 Å². The van der Waals surface area contributed by atoms with Crippen LogP contribution in [0.4, 0.5) is 0 Å². The molecule has 0 bridgehead atoms. The van der Waals surface area contributed by atoms with Crippen molar-refractivity contribution in [2.75, 3.05) is 68.1 Å². The van der Waals surface area contributed by atoms with E-state index >= 15 is 0 Å². The van der Waals surface area contributed by atoms with E-state index in [1.54, 1.807) is 30.1 Å². The van der Waals surface area contributed by atoms with Gasteiger partial charge in [-0.3, -0.25) is 38.2 Å². The second-order valence-electron chi connectivity index (χ2n) is 13.8. The van der Waals surface area contributed by atoms with Crippen molar-refractivity contribution in [1.82, 2.24) is 29.4 Å². The zero-order valence-electron chi connectivity index (χ0n) is 33.1. The molecule has 1 fully saturated rings. The first-order valence-corrected chi connectivity index (χ1v) is 17.6. The second-order valence-corrected chi connectivity index (χ2v) is 13.8. The molecule has 1 aromatic heterocycles. The summed E-state index contributed by atoms with van der Waals surface area (Å²) < 4.78 is 28.1. The predicted molar refractivity (Wildman–Crippen MR) is 194 cm³/mol. The summed E-state index contributed by atoms with van der Waals surface area (Å²) in [6, 6.07) is 7.75. The highest BCUT2D eigenvalue weighted by Gasteiger charge is 2.33. The van der Waals surface area contributed by atoms with Crippen LogP contribution in [0, 0.1) is 0 Å². The summed E-state index contributed by atoms with van der Waals surface area (Å²) in [6.45, 7) is 3.41. The molecule has 2 aromatic rings. The average molecular weight is 787 g/mol. The molecular weight excluding hydrogens is 736 g/mol. The molecular formula is C37H50N6O13. The molecule has 0 spiro atoms. The van der Waals surface area contributed by atoms with Gasteiger partial charge in [-0.05, 0) is 44.9 Å². The van der Waals surface area contributed by atoms with Crippen LogP contribution < -0.4 is 0 Å². The Balaban J connectivity index is 1.85. The topological polar surface area (TPSA) is 213 Å². The minimum atomic E-state index is -1.43. The Kier molecular flexibility index (Phi) is 15.6. The van der Waals surface area contributed by atoms with Gasteiger partial charge < -0.3 is 43.3 Å². The number of amides is 4. The first-order chi connectivity index (χ1) is 26.2. The van der Waals surface area contributed by atoms with Crippen LogP contribution in [0.15, 0.2) is 36.5 Å². The van der Waals surface area contributed by atoms with Crippen LogP contribution in [-0.2, 0) is 80.6 Å². The Morgan fingerprint density at radius 1 is 0.696 bits per heavy atom. The summed E-state index contributed by atoms with van der Waals surface area (Å²) in [5.41, 5.74) is 1.78. The first kappa shape index (κ1) is 44.5. The number of esters is 4. The van der Waals surface area contributed by atoms with Crippen LogP contribution in [0.2, 0.25) is 0 Å². The van der Waals surface area contributed by atoms with Crippen molar-refractivity contribution < 1.29 is 62.0 Å². The number of hydrogen-bond donors (Lipinski definition) is 0. The SMILES string of the molecule is COC(C)(C)c1ccnn1Cc1ccc(CC2C(=O)OC(C)C(=O)N(C)CC(=O)OCC(=O)N(C)CC(=O)OC(C)C(=O)N(C)CC(=O)OCC(=O)N2C)cc1. The number of methoxy groups -OCH3 is 1. The largest absolute Gasteiger partial charge is 0.454 e. The first-order valence-electron chi connectivity index (χ1n) is 17.6. The third-order valence-electron chi connectivity index (χ3n) is 9.05. The fourth-order valence-electron chi connectivity index (χ4n) is 5.43. The van der Waals surface area contributed by atoms with Crippen molar-refractivity contribution in [2.24, 2.45) is 0 Å². The van der Waals surface area contributed by atoms with Gasteiger partial charge in [0.2, 0.25) is 0 Å². The molecule has 2 heterocycles. The number of carbonyl (C=O) groups excluding carboxylic acids is 8. The van der Waals surface area contributed by atoms with Crippen LogP contribution in [-0.4, -0.2) is 163 Å². The molecule has 0 N–H and O–H groups in total. The highest BCUT2D eigenvalue weighted by Crippen LogP contribution is 2.24. The van der Waals surface area contributed by atoms with Crippen LogP contribution in [0.3, 0.4) is 0 Å². The highest BCUT2D eigenvalue weighted by atomic mass is 16.6. The van der Waals surface area contributed by atoms with E-state index < -0.39 is 104 Å². The maximum Gasteiger partial charge on any atom is 0.329 e. The number of hydrogen-bond acceptors (Lipinski definition) is 14. The minimum Gasteiger partial charge on any atom is -0.454 e. The Labute approximate surface area is 324 Å². The number of benzene rings is 1. The molecule has 4 amide bonds. The van der Waals surface area contributed by atoms with Crippen LogP contribution in [0.5, 0.6) is 0 Å². The number of likely N-dealkylation sites (N-methyl/N-ethyl adjacent to an activating group) is 4. The normalized spacial score (nSPS) is 21.3. The molecule has 19 heteroatoms. The molecule has 1 aliphatic rings. The molecule has 306 valence electrons. The quantitative estimate of drug-likeness (QED) is 0.267. The highest BCUT2D eigenvalue weighted by molar-refractivity contribution is 5.91. The number of rotatable bonds is 6. The molecule has 1 aromatic carbocycles.